The molecule has 2 fully saturated rings. The highest BCUT2D eigenvalue weighted by Gasteiger charge is 2.32. The number of anilines is 1. The standard InChI is InChI=1S/C22H29N5O/c1-2-18-4-6-19(7-5-18)16-27(20-8-9-20)17-21(28)25-12-14-26(15-13-25)22-23-10-3-11-24-22/h3-7,10-11,20H,2,8-9,12-17H2,1H3. The molecule has 6 nitrogen and oxygen atoms in total. The highest BCUT2D eigenvalue weighted by molar-refractivity contribution is 5.78. The molecule has 1 amide bonds. The van der Waals surface area contributed by atoms with Gasteiger partial charge in [-0.3, -0.25) is 9.69 Å². The molecule has 28 heavy (non-hydrogen) atoms. The highest BCUT2D eigenvalue weighted by atomic mass is 16.2. The minimum atomic E-state index is 0.241. The summed E-state index contributed by atoms with van der Waals surface area (Å²) < 4.78 is 0. The van der Waals surface area contributed by atoms with Gasteiger partial charge in [0.15, 0.2) is 0 Å². The first-order chi connectivity index (χ1) is 13.7. The van der Waals surface area contributed by atoms with Crippen LogP contribution in [-0.2, 0) is 17.8 Å². The van der Waals surface area contributed by atoms with Crippen LogP contribution in [0.4, 0.5) is 5.95 Å². The predicted molar refractivity (Wildman–Crippen MR) is 110 cm³/mol. The number of carbonyl (C=O) groups excluding carboxylic acids is 1. The zero-order valence-electron chi connectivity index (χ0n) is 16.6. The van der Waals surface area contributed by atoms with E-state index in [9.17, 15) is 4.79 Å². The van der Waals surface area contributed by atoms with Gasteiger partial charge in [0.1, 0.15) is 0 Å². The van der Waals surface area contributed by atoms with Gasteiger partial charge < -0.3 is 9.80 Å². The van der Waals surface area contributed by atoms with Crippen LogP contribution >= 0.6 is 0 Å². The van der Waals surface area contributed by atoms with Gasteiger partial charge in [0, 0.05) is 51.2 Å². The molecule has 0 radical (unpaired) electrons. The zero-order chi connectivity index (χ0) is 19.3. The maximum atomic E-state index is 12.9. The number of hydrogen-bond donors (Lipinski definition) is 0. The second kappa shape index (κ2) is 8.69. The normalized spacial score (nSPS) is 17.2. The maximum absolute atomic E-state index is 12.9. The summed E-state index contributed by atoms with van der Waals surface area (Å²) in [6.45, 7) is 6.60. The largest absolute Gasteiger partial charge is 0.338 e. The molecule has 0 unspecified atom stereocenters. The summed E-state index contributed by atoms with van der Waals surface area (Å²) in [4.78, 5) is 28.0. The lowest BCUT2D eigenvalue weighted by molar-refractivity contribution is -0.133. The van der Waals surface area contributed by atoms with Gasteiger partial charge in [0.2, 0.25) is 11.9 Å². The number of nitrogens with zero attached hydrogens (tertiary/aromatic N) is 5. The summed E-state index contributed by atoms with van der Waals surface area (Å²) in [6, 6.07) is 11.2. The van der Waals surface area contributed by atoms with Crippen LogP contribution in [0.15, 0.2) is 42.7 Å². The molecule has 1 aromatic carbocycles. The van der Waals surface area contributed by atoms with Crippen molar-refractivity contribution in [3.05, 3.63) is 53.9 Å². The summed E-state index contributed by atoms with van der Waals surface area (Å²) >= 11 is 0. The first-order valence-electron chi connectivity index (χ1n) is 10.3. The molecule has 6 heteroatoms. The van der Waals surface area contributed by atoms with E-state index in [4.69, 9.17) is 0 Å². The third kappa shape index (κ3) is 4.68. The van der Waals surface area contributed by atoms with Gasteiger partial charge in [-0.1, -0.05) is 31.2 Å². The van der Waals surface area contributed by atoms with Crippen LogP contribution in [0.25, 0.3) is 0 Å². The Morgan fingerprint density at radius 2 is 1.68 bits per heavy atom. The van der Waals surface area contributed by atoms with Crippen molar-refractivity contribution in [3.8, 4) is 0 Å². The molecule has 0 spiro atoms. The maximum Gasteiger partial charge on any atom is 0.236 e. The monoisotopic (exact) mass is 379 g/mol. The van der Waals surface area contributed by atoms with Gasteiger partial charge in [0.05, 0.1) is 6.54 Å². The van der Waals surface area contributed by atoms with Crippen LogP contribution in [0.5, 0.6) is 0 Å². The third-order valence-electron chi connectivity index (χ3n) is 5.69. The van der Waals surface area contributed by atoms with Crippen molar-refractivity contribution in [1.29, 1.82) is 0 Å². The minimum absolute atomic E-state index is 0.241. The smallest absolute Gasteiger partial charge is 0.236 e. The second-order valence-corrected chi connectivity index (χ2v) is 7.72. The molecule has 1 saturated heterocycles. The van der Waals surface area contributed by atoms with E-state index in [2.05, 4.69) is 51.0 Å². The fraction of sp³-hybridized carbons (Fsp3) is 0.500. The molecule has 1 aromatic heterocycles. The number of benzene rings is 1. The molecule has 1 saturated carbocycles. The number of hydrogen-bond acceptors (Lipinski definition) is 5. The van der Waals surface area contributed by atoms with Crippen LogP contribution in [0.1, 0.15) is 30.9 Å². The Labute approximate surface area is 167 Å². The van der Waals surface area contributed by atoms with Gasteiger partial charge in [0.25, 0.3) is 0 Å². The molecule has 0 bridgehead atoms. The van der Waals surface area contributed by atoms with Crippen molar-refractivity contribution in [2.45, 2.75) is 38.8 Å². The molecule has 2 aromatic rings. The number of aryl methyl sites for hydroxylation is 1. The summed E-state index contributed by atoms with van der Waals surface area (Å²) in [5.41, 5.74) is 2.65. The fourth-order valence-corrected chi connectivity index (χ4v) is 3.75. The summed E-state index contributed by atoms with van der Waals surface area (Å²) in [5.74, 6) is 0.996. The van der Waals surface area contributed by atoms with Crippen LogP contribution < -0.4 is 4.90 Å². The SMILES string of the molecule is CCc1ccc(CN(CC(=O)N2CCN(c3ncccn3)CC2)C2CC2)cc1. The van der Waals surface area contributed by atoms with E-state index >= 15 is 0 Å². The van der Waals surface area contributed by atoms with E-state index in [1.54, 1.807) is 12.4 Å². The van der Waals surface area contributed by atoms with E-state index in [0.717, 1.165) is 45.1 Å². The van der Waals surface area contributed by atoms with Gasteiger partial charge in [-0.2, -0.15) is 0 Å². The van der Waals surface area contributed by atoms with E-state index < -0.39 is 0 Å². The van der Waals surface area contributed by atoms with E-state index in [-0.39, 0.29) is 5.91 Å². The minimum Gasteiger partial charge on any atom is -0.338 e. The van der Waals surface area contributed by atoms with Crippen molar-refractivity contribution in [3.63, 3.8) is 0 Å². The van der Waals surface area contributed by atoms with E-state index in [1.807, 2.05) is 11.0 Å². The third-order valence-corrected chi connectivity index (χ3v) is 5.69. The molecule has 4 rings (SSSR count). The Morgan fingerprint density at radius 3 is 2.29 bits per heavy atom. The van der Waals surface area contributed by atoms with Gasteiger partial charge in [-0.25, -0.2) is 9.97 Å². The quantitative estimate of drug-likeness (QED) is 0.739. The van der Waals surface area contributed by atoms with Crippen molar-refractivity contribution >= 4 is 11.9 Å². The zero-order valence-corrected chi connectivity index (χ0v) is 16.6. The predicted octanol–water partition coefficient (Wildman–Crippen LogP) is 2.35. The van der Waals surface area contributed by atoms with Crippen LogP contribution in [-0.4, -0.2) is 64.4 Å². The number of aromatic nitrogens is 2. The molecule has 148 valence electrons. The van der Waals surface area contributed by atoms with Crippen molar-refractivity contribution in [1.82, 2.24) is 19.8 Å². The first-order valence-corrected chi connectivity index (χ1v) is 10.3. The second-order valence-electron chi connectivity index (χ2n) is 7.72. The Hall–Kier alpha value is -2.47. The van der Waals surface area contributed by atoms with E-state index in [1.165, 1.54) is 24.0 Å². The molecule has 1 aliphatic carbocycles. The lowest BCUT2D eigenvalue weighted by Gasteiger charge is -2.35. The Morgan fingerprint density at radius 1 is 1.04 bits per heavy atom. The number of rotatable bonds is 7. The van der Waals surface area contributed by atoms with Crippen molar-refractivity contribution in [2.75, 3.05) is 37.6 Å². The average Bonchev–Trinajstić information content (AvgIpc) is 3.60. The average molecular weight is 380 g/mol. The van der Waals surface area contributed by atoms with Gasteiger partial charge in [-0.15, -0.1) is 0 Å². The van der Waals surface area contributed by atoms with Crippen molar-refractivity contribution in [2.24, 2.45) is 0 Å². The molecule has 0 atom stereocenters. The molecular weight excluding hydrogens is 350 g/mol. The lowest BCUT2D eigenvalue weighted by Crippen LogP contribution is -2.51. The summed E-state index contributed by atoms with van der Waals surface area (Å²) in [7, 11) is 0. The van der Waals surface area contributed by atoms with E-state index in [0.29, 0.717) is 12.6 Å². The number of piperazine rings is 1. The Balaban J connectivity index is 1.31. The molecule has 2 heterocycles. The summed E-state index contributed by atoms with van der Waals surface area (Å²) in [6.07, 6.45) is 7.00. The number of amides is 1. The molecular formula is C22H29N5O. The first kappa shape index (κ1) is 18.9. The topological polar surface area (TPSA) is 52.6 Å². The Kier molecular flexibility index (Phi) is 5.86. The fourth-order valence-electron chi connectivity index (χ4n) is 3.75. The number of carbonyl (C=O) groups is 1. The molecule has 1 aliphatic heterocycles. The highest BCUT2D eigenvalue weighted by Crippen LogP contribution is 2.28. The van der Waals surface area contributed by atoms with Gasteiger partial charge >= 0.3 is 0 Å². The molecule has 0 N–H and O–H groups in total. The van der Waals surface area contributed by atoms with Crippen LogP contribution in [0.3, 0.4) is 0 Å². The van der Waals surface area contributed by atoms with Crippen LogP contribution in [0, 0.1) is 0 Å². The lowest BCUT2D eigenvalue weighted by atomic mass is 10.1. The summed E-state index contributed by atoms with van der Waals surface area (Å²) in [5, 5.41) is 0. The Bertz CT molecular complexity index is 767. The van der Waals surface area contributed by atoms with Gasteiger partial charge in [-0.05, 0) is 36.5 Å². The molecule has 2 aliphatic rings. The van der Waals surface area contributed by atoms with Crippen molar-refractivity contribution < 1.29 is 4.79 Å². The van der Waals surface area contributed by atoms with Crippen LogP contribution in [0.2, 0.25) is 0 Å².